The molecule has 0 atom stereocenters. The van der Waals surface area contributed by atoms with Gasteiger partial charge in [-0.05, 0) is 26.0 Å². The number of hydrogen-bond acceptors (Lipinski definition) is 3. The highest BCUT2D eigenvalue weighted by atomic mass is 32.2. The van der Waals surface area contributed by atoms with E-state index in [0.717, 1.165) is 4.90 Å². The van der Waals surface area contributed by atoms with Crippen LogP contribution in [-0.2, 0) is 9.59 Å². The van der Waals surface area contributed by atoms with Gasteiger partial charge >= 0.3 is 5.97 Å². The van der Waals surface area contributed by atoms with Crippen LogP contribution in [-0.4, -0.2) is 21.6 Å². The highest BCUT2D eigenvalue weighted by Crippen LogP contribution is 2.33. The van der Waals surface area contributed by atoms with Crippen LogP contribution in [0.1, 0.15) is 20.3 Å². The smallest absolute Gasteiger partial charge is 0.310 e. The molecule has 1 rings (SSSR count). The molecule has 0 fully saturated rings. The fourth-order valence-corrected chi connectivity index (χ4v) is 2.26. The van der Waals surface area contributed by atoms with E-state index in [0.29, 0.717) is 0 Å². The molecule has 0 aromatic heterocycles. The first-order valence-corrected chi connectivity index (χ1v) is 5.72. The summed E-state index contributed by atoms with van der Waals surface area (Å²) in [4.78, 5) is 23.1. The van der Waals surface area contributed by atoms with Crippen LogP contribution in [0.25, 0.3) is 0 Å². The maximum absolute atomic E-state index is 11.7. The molecule has 86 valence electrons. The Morgan fingerprint density at radius 3 is 2.31 bits per heavy atom. The molecule has 0 heterocycles. The fourth-order valence-electron chi connectivity index (χ4n) is 1.19. The summed E-state index contributed by atoms with van der Waals surface area (Å²) in [5, 5.41) is 8.58. The van der Waals surface area contributed by atoms with E-state index in [-0.39, 0.29) is 5.78 Å². The first kappa shape index (κ1) is 12.8. The molecule has 3 nitrogen and oxygen atoms in total. The molecule has 0 saturated carbocycles. The number of thioether (sulfide) groups is 1. The predicted molar refractivity (Wildman–Crippen MR) is 63.6 cm³/mol. The van der Waals surface area contributed by atoms with Gasteiger partial charge in [0.05, 0.1) is 4.75 Å². The molecular weight excluding hydrogens is 224 g/mol. The van der Waals surface area contributed by atoms with Crippen LogP contribution in [0.4, 0.5) is 0 Å². The van der Waals surface area contributed by atoms with E-state index >= 15 is 0 Å². The van der Waals surface area contributed by atoms with Gasteiger partial charge in [0.2, 0.25) is 0 Å². The summed E-state index contributed by atoms with van der Waals surface area (Å²) in [6.07, 6.45) is -0.424. The molecule has 0 spiro atoms. The molecular formula is C12H14O3S. The van der Waals surface area contributed by atoms with Crippen LogP contribution >= 0.6 is 11.8 Å². The zero-order chi connectivity index (χ0) is 12.2. The van der Waals surface area contributed by atoms with Gasteiger partial charge in [-0.2, -0.15) is 0 Å². The quantitative estimate of drug-likeness (QED) is 0.633. The lowest BCUT2D eigenvalue weighted by Gasteiger charge is -2.21. The van der Waals surface area contributed by atoms with Crippen molar-refractivity contribution in [3.63, 3.8) is 0 Å². The van der Waals surface area contributed by atoms with Crippen LogP contribution < -0.4 is 0 Å². The first-order chi connectivity index (χ1) is 7.42. The van der Waals surface area contributed by atoms with Crippen molar-refractivity contribution in [1.82, 2.24) is 0 Å². The molecule has 16 heavy (non-hydrogen) atoms. The van der Waals surface area contributed by atoms with Gasteiger partial charge in [-0.3, -0.25) is 9.59 Å². The summed E-state index contributed by atoms with van der Waals surface area (Å²) in [7, 11) is 0. The largest absolute Gasteiger partial charge is 0.481 e. The normalized spacial score (nSPS) is 11.1. The molecule has 1 N–H and O–H groups in total. The van der Waals surface area contributed by atoms with Crippen LogP contribution in [0.15, 0.2) is 35.2 Å². The van der Waals surface area contributed by atoms with Gasteiger partial charge in [0.1, 0.15) is 6.42 Å². The van der Waals surface area contributed by atoms with Gasteiger partial charge in [0.25, 0.3) is 0 Å². The third-order valence-electron chi connectivity index (χ3n) is 2.10. The monoisotopic (exact) mass is 238 g/mol. The minimum Gasteiger partial charge on any atom is -0.481 e. The maximum atomic E-state index is 11.7. The summed E-state index contributed by atoms with van der Waals surface area (Å²) in [6.45, 7) is 3.49. The number of rotatable bonds is 5. The van der Waals surface area contributed by atoms with Gasteiger partial charge in [0.15, 0.2) is 5.78 Å². The predicted octanol–water partition coefficient (Wildman–Crippen LogP) is 2.60. The minimum absolute atomic E-state index is 0.270. The lowest BCUT2D eigenvalue weighted by Crippen LogP contribution is -2.29. The standard InChI is InChI=1S/C12H14O3S/c1-12(2,10(13)8-11(14)15)16-9-6-4-3-5-7-9/h3-7H,8H2,1-2H3,(H,14,15). The van der Waals surface area contributed by atoms with Gasteiger partial charge in [-0.1, -0.05) is 18.2 Å². The van der Waals surface area contributed by atoms with Crippen LogP contribution in [0.3, 0.4) is 0 Å². The van der Waals surface area contributed by atoms with Crippen molar-refractivity contribution in [2.45, 2.75) is 29.9 Å². The zero-order valence-electron chi connectivity index (χ0n) is 9.27. The number of hydrogen-bond donors (Lipinski definition) is 1. The van der Waals surface area contributed by atoms with E-state index in [2.05, 4.69) is 0 Å². The molecule has 0 aliphatic carbocycles. The third kappa shape index (κ3) is 3.70. The van der Waals surface area contributed by atoms with Crippen molar-refractivity contribution in [1.29, 1.82) is 0 Å². The average Bonchev–Trinajstić information content (AvgIpc) is 2.17. The molecule has 4 heteroatoms. The van der Waals surface area contributed by atoms with E-state index < -0.39 is 17.1 Å². The van der Waals surface area contributed by atoms with Crippen molar-refractivity contribution in [2.24, 2.45) is 0 Å². The Morgan fingerprint density at radius 2 is 1.81 bits per heavy atom. The number of carboxylic acid groups (broad SMARTS) is 1. The Bertz CT molecular complexity index is 385. The Hall–Kier alpha value is -1.29. The molecule has 0 radical (unpaired) electrons. The van der Waals surface area contributed by atoms with Gasteiger partial charge < -0.3 is 5.11 Å². The van der Waals surface area contributed by atoms with E-state index in [1.165, 1.54) is 11.8 Å². The van der Waals surface area contributed by atoms with E-state index in [4.69, 9.17) is 5.11 Å². The molecule has 1 aromatic carbocycles. The van der Waals surface area contributed by atoms with Crippen molar-refractivity contribution in [3.8, 4) is 0 Å². The van der Waals surface area contributed by atoms with Gasteiger partial charge in [-0.15, -0.1) is 11.8 Å². The minimum atomic E-state index is -1.08. The van der Waals surface area contributed by atoms with Crippen molar-refractivity contribution in [2.75, 3.05) is 0 Å². The molecule has 0 saturated heterocycles. The van der Waals surface area contributed by atoms with Crippen molar-refractivity contribution in [3.05, 3.63) is 30.3 Å². The van der Waals surface area contributed by atoms with Crippen molar-refractivity contribution < 1.29 is 14.7 Å². The molecule has 0 bridgehead atoms. The Labute approximate surface area is 98.9 Å². The second-order valence-electron chi connectivity index (χ2n) is 3.92. The molecule has 0 aliphatic heterocycles. The zero-order valence-corrected chi connectivity index (χ0v) is 10.1. The summed E-state index contributed by atoms with van der Waals surface area (Å²) >= 11 is 1.38. The molecule has 0 amide bonds. The number of carbonyl (C=O) groups is 2. The molecule has 0 aliphatic rings. The summed E-state index contributed by atoms with van der Waals surface area (Å²) < 4.78 is -0.709. The topological polar surface area (TPSA) is 54.4 Å². The second-order valence-corrected chi connectivity index (χ2v) is 5.62. The number of carbonyl (C=O) groups excluding carboxylic acids is 1. The maximum Gasteiger partial charge on any atom is 0.310 e. The summed E-state index contributed by atoms with van der Waals surface area (Å²) in [5.74, 6) is -1.35. The first-order valence-electron chi connectivity index (χ1n) is 4.91. The van der Waals surface area contributed by atoms with Crippen LogP contribution in [0.2, 0.25) is 0 Å². The highest BCUT2D eigenvalue weighted by Gasteiger charge is 2.30. The average molecular weight is 238 g/mol. The number of ketones is 1. The summed E-state index contributed by atoms with van der Waals surface area (Å²) in [5.41, 5.74) is 0. The van der Waals surface area contributed by atoms with Crippen LogP contribution in [0, 0.1) is 0 Å². The number of aliphatic carboxylic acids is 1. The Balaban J connectivity index is 2.71. The summed E-state index contributed by atoms with van der Waals surface area (Å²) in [6, 6.07) is 9.48. The van der Waals surface area contributed by atoms with E-state index in [9.17, 15) is 9.59 Å². The lowest BCUT2D eigenvalue weighted by molar-refractivity contribution is -0.140. The third-order valence-corrected chi connectivity index (χ3v) is 3.35. The van der Waals surface area contributed by atoms with Gasteiger partial charge in [-0.25, -0.2) is 0 Å². The van der Waals surface area contributed by atoms with Crippen LogP contribution in [0.5, 0.6) is 0 Å². The fraction of sp³-hybridized carbons (Fsp3) is 0.333. The van der Waals surface area contributed by atoms with E-state index in [1.807, 2.05) is 30.3 Å². The van der Waals surface area contributed by atoms with Crippen molar-refractivity contribution >= 4 is 23.5 Å². The number of Topliss-reactive ketones (excluding diaryl/α,β-unsaturated/α-hetero) is 1. The Kier molecular flexibility index (Phi) is 4.12. The molecule has 1 aromatic rings. The Morgan fingerprint density at radius 1 is 1.25 bits per heavy atom. The number of carboxylic acids is 1. The number of benzene rings is 1. The highest BCUT2D eigenvalue weighted by molar-refractivity contribution is 8.01. The van der Waals surface area contributed by atoms with E-state index in [1.54, 1.807) is 13.8 Å². The lowest BCUT2D eigenvalue weighted by atomic mass is 10.1. The second kappa shape index (κ2) is 5.16. The SMILES string of the molecule is CC(C)(Sc1ccccc1)C(=O)CC(=O)O. The molecule has 0 unspecified atom stereocenters. The van der Waals surface area contributed by atoms with Gasteiger partial charge in [0, 0.05) is 4.90 Å².